The number of nitrogens with zero attached hydrogens (tertiary/aromatic N) is 5. The fourth-order valence-electron chi connectivity index (χ4n) is 2.00. The zero-order valence-electron chi connectivity index (χ0n) is 12.1. The van der Waals surface area contributed by atoms with Crippen molar-refractivity contribution in [2.45, 2.75) is 13.5 Å². The first-order valence-electron chi connectivity index (χ1n) is 6.52. The summed E-state index contributed by atoms with van der Waals surface area (Å²) in [7, 11) is 1.60. The highest BCUT2D eigenvalue weighted by Crippen LogP contribution is 2.26. The lowest BCUT2D eigenvalue weighted by Crippen LogP contribution is -1.99. The van der Waals surface area contributed by atoms with Gasteiger partial charge in [0.05, 0.1) is 0 Å². The Bertz CT molecular complexity index is 794. The SMILES string of the molecule is COCc1nnc(-n2nnc(C=O)c2-c2ccc(C)cc2)s1. The number of aryl methyl sites for hydroxylation is 1. The fraction of sp³-hybridized carbons (Fsp3) is 0.214. The maximum atomic E-state index is 11.3. The third-order valence-corrected chi connectivity index (χ3v) is 3.91. The van der Waals surface area contributed by atoms with E-state index in [1.807, 2.05) is 31.2 Å². The predicted molar refractivity (Wildman–Crippen MR) is 81.1 cm³/mol. The van der Waals surface area contributed by atoms with Crippen LogP contribution in [0.1, 0.15) is 21.1 Å². The quantitative estimate of drug-likeness (QED) is 0.670. The maximum Gasteiger partial charge on any atom is 0.234 e. The first-order valence-corrected chi connectivity index (χ1v) is 7.34. The third kappa shape index (κ3) is 2.66. The van der Waals surface area contributed by atoms with E-state index >= 15 is 0 Å². The van der Waals surface area contributed by atoms with Crippen LogP contribution in [0.25, 0.3) is 16.4 Å². The van der Waals surface area contributed by atoms with Crippen LogP contribution in [0.2, 0.25) is 0 Å². The molecule has 112 valence electrons. The molecule has 0 N–H and O–H groups in total. The van der Waals surface area contributed by atoms with Gasteiger partial charge in [0.25, 0.3) is 0 Å². The molecule has 0 fully saturated rings. The monoisotopic (exact) mass is 315 g/mol. The van der Waals surface area contributed by atoms with E-state index in [0.29, 0.717) is 23.7 Å². The highest BCUT2D eigenvalue weighted by molar-refractivity contribution is 7.13. The topological polar surface area (TPSA) is 82.8 Å². The number of aromatic nitrogens is 5. The number of hydrogen-bond acceptors (Lipinski definition) is 7. The van der Waals surface area contributed by atoms with Gasteiger partial charge in [0, 0.05) is 12.7 Å². The predicted octanol–water partition coefficient (Wildman–Crippen LogP) is 2.05. The van der Waals surface area contributed by atoms with E-state index < -0.39 is 0 Å². The summed E-state index contributed by atoms with van der Waals surface area (Å²) < 4.78 is 6.57. The molecule has 3 aromatic rings. The number of methoxy groups -OCH3 is 1. The van der Waals surface area contributed by atoms with Crippen molar-refractivity contribution in [3.05, 3.63) is 40.5 Å². The van der Waals surface area contributed by atoms with Crippen LogP contribution in [0, 0.1) is 6.92 Å². The lowest BCUT2D eigenvalue weighted by Gasteiger charge is -2.03. The molecule has 1 aromatic carbocycles. The van der Waals surface area contributed by atoms with Gasteiger partial charge in [-0.05, 0) is 6.92 Å². The van der Waals surface area contributed by atoms with Crippen LogP contribution in [-0.4, -0.2) is 38.6 Å². The average Bonchev–Trinajstić information content (AvgIpc) is 3.14. The Morgan fingerprint density at radius 3 is 2.68 bits per heavy atom. The molecule has 0 saturated heterocycles. The number of aldehydes is 1. The molecule has 0 aliphatic heterocycles. The standard InChI is InChI=1S/C14H13N5O2S/c1-9-3-5-10(6-4-9)13-11(7-20)15-18-19(13)14-17-16-12(22-14)8-21-2/h3-7H,8H2,1-2H3. The molecular formula is C14H13N5O2S. The van der Waals surface area contributed by atoms with Crippen molar-refractivity contribution in [3.8, 4) is 16.4 Å². The molecule has 8 heteroatoms. The van der Waals surface area contributed by atoms with Crippen LogP contribution in [0.5, 0.6) is 0 Å². The smallest absolute Gasteiger partial charge is 0.234 e. The first kappa shape index (κ1) is 14.5. The van der Waals surface area contributed by atoms with Gasteiger partial charge in [0.15, 0.2) is 12.0 Å². The summed E-state index contributed by atoms with van der Waals surface area (Å²) in [5.74, 6) is 0. The molecule has 2 aromatic heterocycles. The molecule has 0 unspecified atom stereocenters. The Labute approximate surface area is 130 Å². The Kier molecular flexibility index (Phi) is 4.03. The minimum Gasteiger partial charge on any atom is -0.377 e. The molecule has 0 atom stereocenters. The Morgan fingerprint density at radius 2 is 2.00 bits per heavy atom. The molecule has 0 aliphatic rings. The molecule has 3 rings (SSSR count). The average molecular weight is 315 g/mol. The van der Waals surface area contributed by atoms with Gasteiger partial charge < -0.3 is 4.74 Å². The van der Waals surface area contributed by atoms with Gasteiger partial charge in [-0.15, -0.1) is 15.3 Å². The molecular weight excluding hydrogens is 302 g/mol. The molecule has 0 aliphatic carbocycles. The van der Waals surface area contributed by atoms with Crippen molar-refractivity contribution >= 4 is 17.6 Å². The van der Waals surface area contributed by atoms with E-state index in [9.17, 15) is 4.79 Å². The van der Waals surface area contributed by atoms with Crippen LogP contribution in [0.4, 0.5) is 0 Å². The summed E-state index contributed by atoms with van der Waals surface area (Å²) in [5, 5.41) is 17.3. The highest BCUT2D eigenvalue weighted by atomic mass is 32.1. The van der Waals surface area contributed by atoms with Gasteiger partial charge in [-0.25, -0.2) is 0 Å². The number of rotatable bonds is 5. The summed E-state index contributed by atoms with van der Waals surface area (Å²) in [4.78, 5) is 11.3. The van der Waals surface area contributed by atoms with E-state index in [0.717, 1.165) is 16.1 Å². The van der Waals surface area contributed by atoms with Crippen molar-refractivity contribution in [1.29, 1.82) is 0 Å². The van der Waals surface area contributed by atoms with Crippen molar-refractivity contribution in [1.82, 2.24) is 25.2 Å². The minimum absolute atomic E-state index is 0.271. The van der Waals surface area contributed by atoms with Gasteiger partial charge in [-0.1, -0.05) is 46.4 Å². The lowest BCUT2D eigenvalue weighted by molar-refractivity contribution is 0.111. The summed E-state index contributed by atoms with van der Waals surface area (Å²) in [6, 6.07) is 7.79. The van der Waals surface area contributed by atoms with Crippen LogP contribution in [-0.2, 0) is 11.3 Å². The maximum absolute atomic E-state index is 11.3. The van der Waals surface area contributed by atoms with E-state index in [-0.39, 0.29) is 5.69 Å². The number of carbonyl (C=O) groups excluding carboxylic acids is 1. The van der Waals surface area contributed by atoms with Crippen LogP contribution in [0.3, 0.4) is 0 Å². The molecule has 0 amide bonds. The largest absolute Gasteiger partial charge is 0.377 e. The normalized spacial score (nSPS) is 10.8. The van der Waals surface area contributed by atoms with E-state index in [2.05, 4.69) is 20.5 Å². The van der Waals surface area contributed by atoms with Crippen molar-refractivity contribution in [2.24, 2.45) is 0 Å². The number of ether oxygens (including phenoxy) is 1. The zero-order chi connectivity index (χ0) is 15.5. The van der Waals surface area contributed by atoms with Gasteiger partial charge in [-0.3, -0.25) is 4.79 Å². The van der Waals surface area contributed by atoms with Crippen molar-refractivity contribution < 1.29 is 9.53 Å². The zero-order valence-corrected chi connectivity index (χ0v) is 12.9. The van der Waals surface area contributed by atoms with Crippen LogP contribution >= 0.6 is 11.3 Å². The highest BCUT2D eigenvalue weighted by Gasteiger charge is 2.18. The summed E-state index contributed by atoms with van der Waals surface area (Å²) >= 11 is 1.34. The number of hydrogen-bond donors (Lipinski definition) is 0. The van der Waals surface area contributed by atoms with E-state index in [1.54, 1.807) is 7.11 Å². The number of carbonyl (C=O) groups is 1. The first-order chi connectivity index (χ1) is 10.7. The Hall–Kier alpha value is -2.45. The number of benzene rings is 1. The van der Waals surface area contributed by atoms with Crippen LogP contribution < -0.4 is 0 Å². The van der Waals surface area contributed by atoms with E-state index in [1.165, 1.54) is 16.0 Å². The molecule has 0 spiro atoms. The second-order valence-electron chi connectivity index (χ2n) is 4.63. The Morgan fingerprint density at radius 1 is 1.23 bits per heavy atom. The summed E-state index contributed by atoms with van der Waals surface area (Å²) in [5.41, 5.74) is 2.86. The second-order valence-corrected chi connectivity index (χ2v) is 5.67. The molecule has 0 radical (unpaired) electrons. The van der Waals surface area contributed by atoms with Crippen molar-refractivity contribution in [2.75, 3.05) is 7.11 Å². The molecule has 22 heavy (non-hydrogen) atoms. The van der Waals surface area contributed by atoms with Crippen LogP contribution in [0.15, 0.2) is 24.3 Å². The minimum atomic E-state index is 0.271. The van der Waals surface area contributed by atoms with E-state index in [4.69, 9.17) is 4.74 Å². The van der Waals surface area contributed by atoms with Crippen molar-refractivity contribution in [3.63, 3.8) is 0 Å². The van der Waals surface area contributed by atoms with Gasteiger partial charge >= 0.3 is 0 Å². The van der Waals surface area contributed by atoms with Gasteiger partial charge in [0.1, 0.15) is 17.3 Å². The Balaban J connectivity index is 2.10. The lowest BCUT2D eigenvalue weighted by atomic mass is 10.1. The second kappa shape index (κ2) is 6.12. The molecule has 0 saturated carbocycles. The third-order valence-electron chi connectivity index (χ3n) is 3.04. The summed E-state index contributed by atoms with van der Waals surface area (Å²) in [6.07, 6.45) is 0.690. The van der Waals surface area contributed by atoms with Gasteiger partial charge in [-0.2, -0.15) is 4.68 Å². The fourth-order valence-corrected chi connectivity index (χ4v) is 2.77. The van der Waals surface area contributed by atoms with Gasteiger partial charge in [0.2, 0.25) is 5.13 Å². The summed E-state index contributed by atoms with van der Waals surface area (Å²) in [6.45, 7) is 2.38. The molecule has 7 nitrogen and oxygen atoms in total. The molecule has 2 heterocycles. The molecule has 0 bridgehead atoms.